The van der Waals surface area contributed by atoms with Gasteiger partial charge in [0.05, 0.1) is 6.10 Å². The van der Waals surface area contributed by atoms with E-state index in [4.69, 9.17) is 9.15 Å². The first-order valence-electron chi connectivity index (χ1n) is 9.96. The van der Waals surface area contributed by atoms with Crippen LogP contribution >= 0.6 is 0 Å². The van der Waals surface area contributed by atoms with E-state index in [9.17, 15) is 9.90 Å². The summed E-state index contributed by atoms with van der Waals surface area (Å²) in [5.74, 6) is 1.35. The van der Waals surface area contributed by atoms with Crippen LogP contribution in [0.4, 0.5) is 0 Å². The Kier molecular flexibility index (Phi) is 3.52. The van der Waals surface area contributed by atoms with Crippen molar-refractivity contribution in [2.45, 2.75) is 76.9 Å². The predicted molar refractivity (Wildman–Crippen MR) is 99.8 cm³/mol. The minimum absolute atomic E-state index is 0.203. The van der Waals surface area contributed by atoms with Gasteiger partial charge >= 0.3 is 5.63 Å². The quantitative estimate of drug-likeness (QED) is 0.714. The molecule has 2 aliphatic carbocycles. The molecule has 26 heavy (non-hydrogen) atoms. The number of benzene rings is 1. The van der Waals surface area contributed by atoms with Gasteiger partial charge in [0.15, 0.2) is 0 Å². The summed E-state index contributed by atoms with van der Waals surface area (Å²) >= 11 is 0. The molecule has 1 aliphatic heterocycles. The number of fused-ring (bicyclic) bond motifs is 4. The average Bonchev–Trinajstić information content (AvgIpc) is 3.08. The lowest BCUT2D eigenvalue weighted by atomic mass is 9.73. The maximum atomic E-state index is 12.4. The van der Waals surface area contributed by atoms with E-state index in [0.29, 0.717) is 17.9 Å². The van der Waals surface area contributed by atoms with Gasteiger partial charge < -0.3 is 14.3 Å². The topological polar surface area (TPSA) is 59.7 Å². The molecule has 0 saturated heterocycles. The van der Waals surface area contributed by atoms with E-state index < -0.39 is 6.10 Å². The highest BCUT2D eigenvalue weighted by molar-refractivity contribution is 5.88. The molecule has 0 radical (unpaired) electrons. The predicted octanol–water partition coefficient (Wildman–Crippen LogP) is 4.35. The van der Waals surface area contributed by atoms with Crippen LogP contribution in [0.25, 0.3) is 11.0 Å². The number of aryl methyl sites for hydroxylation is 2. The summed E-state index contributed by atoms with van der Waals surface area (Å²) in [6.45, 7) is 4.23. The lowest BCUT2D eigenvalue weighted by Gasteiger charge is -2.45. The molecule has 3 aliphatic rings. The largest absolute Gasteiger partial charge is 0.486 e. The lowest BCUT2D eigenvalue weighted by Crippen LogP contribution is -2.44. The molecular weight excluding hydrogens is 328 g/mol. The molecule has 2 heterocycles. The molecule has 0 amide bonds. The molecule has 1 aromatic heterocycles. The Morgan fingerprint density at radius 2 is 2.00 bits per heavy atom. The number of hydrogen-bond acceptors (Lipinski definition) is 4. The highest BCUT2D eigenvalue weighted by atomic mass is 16.5. The molecule has 4 nitrogen and oxygen atoms in total. The fourth-order valence-corrected chi connectivity index (χ4v) is 5.58. The van der Waals surface area contributed by atoms with E-state index in [2.05, 4.69) is 6.92 Å². The van der Waals surface area contributed by atoms with Gasteiger partial charge in [-0.2, -0.15) is 0 Å². The van der Waals surface area contributed by atoms with Gasteiger partial charge in [0.25, 0.3) is 0 Å². The fraction of sp³-hybridized carbons (Fsp3) is 0.591. The van der Waals surface area contributed by atoms with Gasteiger partial charge in [0.1, 0.15) is 16.9 Å². The highest BCUT2D eigenvalue weighted by Gasteiger charge is 2.44. The Hall–Kier alpha value is -1.81. The SMILES string of the molecule is Cc1c2c(cc3c4c(c(=O)oc13)CCC4)[C@H](O)C[C@]1(CCC[C@@H](C)C1)O2. The molecule has 1 aromatic carbocycles. The molecule has 0 bridgehead atoms. The zero-order chi connectivity index (χ0) is 18.1. The van der Waals surface area contributed by atoms with Gasteiger partial charge in [-0.3, -0.25) is 0 Å². The zero-order valence-electron chi connectivity index (χ0n) is 15.6. The van der Waals surface area contributed by atoms with Crippen molar-refractivity contribution >= 4 is 11.0 Å². The second kappa shape index (κ2) is 5.59. The molecule has 0 unspecified atom stereocenters. The second-order valence-electron chi connectivity index (χ2n) is 8.70. The first-order valence-corrected chi connectivity index (χ1v) is 9.96. The van der Waals surface area contributed by atoms with Crippen LogP contribution in [0.15, 0.2) is 15.3 Å². The van der Waals surface area contributed by atoms with Gasteiger partial charge in [0.2, 0.25) is 0 Å². The molecule has 4 heteroatoms. The summed E-state index contributed by atoms with van der Waals surface area (Å²) < 4.78 is 12.3. The maximum Gasteiger partial charge on any atom is 0.339 e. The molecule has 5 rings (SSSR count). The molecule has 1 N–H and O–H groups in total. The van der Waals surface area contributed by atoms with Crippen molar-refractivity contribution in [1.82, 2.24) is 0 Å². The van der Waals surface area contributed by atoms with Gasteiger partial charge in [-0.15, -0.1) is 0 Å². The van der Waals surface area contributed by atoms with Crippen LogP contribution in [-0.4, -0.2) is 10.7 Å². The zero-order valence-corrected chi connectivity index (χ0v) is 15.6. The fourth-order valence-electron chi connectivity index (χ4n) is 5.58. The highest BCUT2D eigenvalue weighted by Crippen LogP contribution is 2.50. The Morgan fingerprint density at radius 1 is 1.19 bits per heavy atom. The summed E-state index contributed by atoms with van der Waals surface area (Å²) in [7, 11) is 0. The van der Waals surface area contributed by atoms with Crippen molar-refractivity contribution in [3.8, 4) is 5.75 Å². The molecule has 2 aromatic rings. The van der Waals surface area contributed by atoms with Crippen LogP contribution in [-0.2, 0) is 12.8 Å². The summed E-state index contributed by atoms with van der Waals surface area (Å²) in [5, 5.41) is 12.0. The van der Waals surface area contributed by atoms with Crippen molar-refractivity contribution in [3.05, 3.63) is 38.7 Å². The third-order valence-electron chi connectivity index (χ3n) is 6.76. The normalized spacial score (nSPS) is 30.3. The third kappa shape index (κ3) is 2.27. The summed E-state index contributed by atoms with van der Waals surface area (Å²) in [6.07, 6.45) is 7.18. The van der Waals surface area contributed by atoms with Crippen LogP contribution in [0.2, 0.25) is 0 Å². The minimum Gasteiger partial charge on any atom is -0.486 e. The van der Waals surface area contributed by atoms with Gasteiger partial charge in [-0.05, 0) is 63.0 Å². The van der Waals surface area contributed by atoms with Crippen LogP contribution < -0.4 is 10.4 Å². The Labute approximate surface area is 153 Å². The van der Waals surface area contributed by atoms with Crippen molar-refractivity contribution in [3.63, 3.8) is 0 Å². The molecule has 1 saturated carbocycles. The lowest BCUT2D eigenvalue weighted by molar-refractivity contribution is -0.0499. The van der Waals surface area contributed by atoms with Crippen molar-refractivity contribution < 1.29 is 14.3 Å². The molecule has 1 fully saturated rings. The molecular formula is C22H26O4. The van der Waals surface area contributed by atoms with E-state index in [-0.39, 0.29) is 11.2 Å². The van der Waals surface area contributed by atoms with Crippen molar-refractivity contribution in [1.29, 1.82) is 0 Å². The Morgan fingerprint density at radius 3 is 2.81 bits per heavy atom. The standard InChI is InChI=1S/C22H26O4/c1-12-5-4-8-22(10-12)11-18(23)17-9-16-14-6-3-7-15(14)21(24)25-19(16)13(2)20(17)26-22/h9,12,18,23H,3-8,10-11H2,1-2H3/t12-,18-,22-/m1/s1. The first kappa shape index (κ1) is 16.4. The van der Waals surface area contributed by atoms with E-state index in [1.807, 2.05) is 13.0 Å². The van der Waals surface area contributed by atoms with Crippen LogP contribution in [0, 0.1) is 12.8 Å². The summed E-state index contributed by atoms with van der Waals surface area (Å²) in [4.78, 5) is 12.4. The number of rotatable bonds is 0. The number of hydrogen-bond donors (Lipinski definition) is 1. The maximum absolute atomic E-state index is 12.4. The first-order chi connectivity index (χ1) is 12.5. The van der Waals surface area contributed by atoms with E-state index in [0.717, 1.165) is 71.9 Å². The van der Waals surface area contributed by atoms with Crippen molar-refractivity contribution in [2.75, 3.05) is 0 Å². The number of ether oxygens (including phenoxy) is 1. The van der Waals surface area contributed by atoms with Gasteiger partial charge in [-0.1, -0.05) is 13.3 Å². The molecule has 1 spiro atoms. The summed E-state index contributed by atoms with van der Waals surface area (Å²) in [6, 6.07) is 2.02. The van der Waals surface area contributed by atoms with E-state index >= 15 is 0 Å². The minimum atomic E-state index is -0.517. The van der Waals surface area contributed by atoms with Gasteiger partial charge in [-0.25, -0.2) is 4.79 Å². The third-order valence-corrected chi connectivity index (χ3v) is 6.76. The van der Waals surface area contributed by atoms with Crippen LogP contribution in [0.3, 0.4) is 0 Å². The molecule has 3 atom stereocenters. The van der Waals surface area contributed by atoms with Crippen molar-refractivity contribution in [2.24, 2.45) is 5.92 Å². The molecule has 138 valence electrons. The van der Waals surface area contributed by atoms with Crippen LogP contribution in [0.5, 0.6) is 5.75 Å². The Balaban J connectivity index is 1.71. The van der Waals surface area contributed by atoms with Crippen LogP contribution in [0.1, 0.15) is 73.8 Å². The summed E-state index contributed by atoms with van der Waals surface area (Å²) in [5.41, 5.74) is 3.82. The second-order valence-corrected chi connectivity index (χ2v) is 8.70. The van der Waals surface area contributed by atoms with E-state index in [1.54, 1.807) is 0 Å². The Bertz CT molecular complexity index is 957. The smallest absolute Gasteiger partial charge is 0.339 e. The van der Waals surface area contributed by atoms with Gasteiger partial charge in [0, 0.05) is 28.5 Å². The number of aliphatic hydroxyl groups excluding tert-OH is 1. The average molecular weight is 354 g/mol. The number of aliphatic hydroxyl groups is 1. The van der Waals surface area contributed by atoms with E-state index in [1.165, 1.54) is 6.42 Å². The monoisotopic (exact) mass is 354 g/mol.